The van der Waals surface area contributed by atoms with Gasteiger partial charge in [-0.1, -0.05) is 49.7 Å². The molecule has 7 heteroatoms. The summed E-state index contributed by atoms with van der Waals surface area (Å²) in [5.74, 6) is 0.801. The lowest BCUT2D eigenvalue weighted by molar-refractivity contribution is 0.511. The van der Waals surface area contributed by atoms with Gasteiger partial charge in [0.25, 0.3) is 5.56 Å². The minimum Gasteiger partial charge on any atom is -0.276 e. The first-order valence-electron chi connectivity index (χ1n) is 9.31. The van der Waals surface area contributed by atoms with E-state index in [0.29, 0.717) is 34.2 Å². The van der Waals surface area contributed by atoms with E-state index in [2.05, 4.69) is 18.9 Å². The SMILES string of the molecule is CC(C)CCn1c(=O)c2ccccc2n2c(=O)n(Cc3cccc(Cl)c3)nc12. The molecule has 2 aromatic heterocycles. The minimum absolute atomic E-state index is 0.122. The zero-order chi connectivity index (χ0) is 19.8. The van der Waals surface area contributed by atoms with Crippen molar-refractivity contribution >= 4 is 28.3 Å². The van der Waals surface area contributed by atoms with Crippen molar-refractivity contribution in [3.05, 3.63) is 80.0 Å². The molecule has 0 radical (unpaired) electrons. The molecule has 0 spiro atoms. The molecule has 0 aliphatic carbocycles. The third-order valence-electron chi connectivity index (χ3n) is 4.84. The summed E-state index contributed by atoms with van der Waals surface area (Å²) in [6.45, 7) is 5.01. The Hall–Kier alpha value is -2.86. The fourth-order valence-corrected chi connectivity index (χ4v) is 3.58. The van der Waals surface area contributed by atoms with Crippen LogP contribution in [0.15, 0.2) is 58.1 Å². The Morgan fingerprint density at radius 3 is 2.61 bits per heavy atom. The zero-order valence-electron chi connectivity index (χ0n) is 15.8. The fraction of sp³-hybridized carbons (Fsp3) is 0.286. The molecule has 4 aromatic rings. The van der Waals surface area contributed by atoms with Crippen molar-refractivity contribution < 1.29 is 0 Å². The van der Waals surface area contributed by atoms with Gasteiger partial charge in [0.05, 0.1) is 17.4 Å². The van der Waals surface area contributed by atoms with Gasteiger partial charge in [-0.3, -0.25) is 9.36 Å². The minimum atomic E-state index is -0.274. The third kappa shape index (κ3) is 3.24. The maximum atomic E-state index is 13.1. The summed E-state index contributed by atoms with van der Waals surface area (Å²) in [6, 6.07) is 14.5. The van der Waals surface area contributed by atoms with Gasteiger partial charge in [0.2, 0.25) is 5.78 Å². The molecule has 0 aliphatic rings. The number of hydrogen-bond donors (Lipinski definition) is 0. The van der Waals surface area contributed by atoms with E-state index in [1.807, 2.05) is 30.3 Å². The molecule has 0 amide bonds. The molecule has 2 heterocycles. The topological polar surface area (TPSA) is 61.3 Å². The van der Waals surface area contributed by atoms with E-state index in [9.17, 15) is 9.59 Å². The predicted molar refractivity (Wildman–Crippen MR) is 111 cm³/mol. The smallest absolute Gasteiger partial charge is 0.276 e. The molecular weight excluding hydrogens is 376 g/mol. The monoisotopic (exact) mass is 396 g/mol. The van der Waals surface area contributed by atoms with Crippen LogP contribution in [0.2, 0.25) is 5.02 Å². The average Bonchev–Trinajstić information content (AvgIpc) is 2.98. The van der Waals surface area contributed by atoms with Crippen LogP contribution in [0.5, 0.6) is 0 Å². The lowest BCUT2D eigenvalue weighted by Crippen LogP contribution is -2.27. The van der Waals surface area contributed by atoms with Crippen molar-refractivity contribution in [3.63, 3.8) is 0 Å². The van der Waals surface area contributed by atoms with E-state index in [1.165, 1.54) is 9.08 Å². The van der Waals surface area contributed by atoms with Gasteiger partial charge >= 0.3 is 5.69 Å². The fourth-order valence-electron chi connectivity index (χ4n) is 3.37. The highest BCUT2D eigenvalue weighted by molar-refractivity contribution is 6.30. The molecule has 0 saturated heterocycles. The first-order chi connectivity index (χ1) is 13.5. The van der Waals surface area contributed by atoms with Crippen molar-refractivity contribution in [2.24, 2.45) is 5.92 Å². The summed E-state index contributed by atoms with van der Waals surface area (Å²) in [5.41, 5.74) is 1.05. The Bertz CT molecular complexity index is 1280. The molecule has 0 fully saturated rings. The molecular formula is C21H21ClN4O2. The van der Waals surface area contributed by atoms with E-state index in [4.69, 9.17) is 11.6 Å². The molecule has 0 N–H and O–H groups in total. The number of nitrogens with zero attached hydrogens (tertiary/aromatic N) is 4. The van der Waals surface area contributed by atoms with E-state index in [1.54, 1.807) is 22.8 Å². The Kier molecular flexibility index (Phi) is 4.81. The van der Waals surface area contributed by atoms with E-state index < -0.39 is 0 Å². The molecule has 0 bridgehead atoms. The van der Waals surface area contributed by atoms with Crippen molar-refractivity contribution in [2.75, 3.05) is 0 Å². The molecule has 2 aromatic carbocycles. The van der Waals surface area contributed by atoms with Crippen LogP contribution in [0.3, 0.4) is 0 Å². The number of aromatic nitrogens is 4. The quantitative estimate of drug-likeness (QED) is 0.518. The lowest BCUT2D eigenvalue weighted by Gasteiger charge is -2.10. The van der Waals surface area contributed by atoms with Crippen molar-refractivity contribution in [3.8, 4) is 0 Å². The van der Waals surface area contributed by atoms with Crippen LogP contribution in [0, 0.1) is 5.92 Å². The summed E-state index contributed by atoms with van der Waals surface area (Å²) >= 11 is 6.07. The second-order valence-corrected chi connectivity index (χ2v) is 7.80. The first kappa shape index (κ1) is 18.5. The maximum absolute atomic E-state index is 13.1. The molecule has 6 nitrogen and oxygen atoms in total. The number of fused-ring (bicyclic) bond motifs is 3. The van der Waals surface area contributed by atoms with E-state index >= 15 is 0 Å². The summed E-state index contributed by atoms with van der Waals surface area (Å²) in [4.78, 5) is 26.2. The Labute approximate surface area is 166 Å². The molecule has 4 rings (SSSR count). The second-order valence-electron chi connectivity index (χ2n) is 7.36. The standard InChI is InChI=1S/C21H21ClN4O2/c1-14(2)10-11-24-19(27)17-8-3-4-9-18(17)26-20(24)23-25(21(26)28)13-15-6-5-7-16(22)12-15/h3-9,12,14H,10-11,13H2,1-2H3. The summed E-state index contributed by atoms with van der Waals surface area (Å²) in [6.07, 6.45) is 0.823. The van der Waals surface area contributed by atoms with Gasteiger partial charge < -0.3 is 0 Å². The Morgan fingerprint density at radius 2 is 1.86 bits per heavy atom. The van der Waals surface area contributed by atoms with Crippen molar-refractivity contribution in [1.82, 2.24) is 18.7 Å². The summed E-state index contributed by atoms with van der Waals surface area (Å²) in [7, 11) is 0. The highest BCUT2D eigenvalue weighted by Crippen LogP contribution is 2.14. The number of hydrogen-bond acceptors (Lipinski definition) is 3. The van der Waals surface area contributed by atoms with E-state index in [0.717, 1.165) is 12.0 Å². The van der Waals surface area contributed by atoms with Gasteiger partial charge in [-0.25, -0.2) is 13.9 Å². The Balaban J connectivity index is 1.96. The van der Waals surface area contributed by atoms with Crippen LogP contribution in [-0.4, -0.2) is 18.7 Å². The average molecular weight is 397 g/mol. The van der Waals surface area contributed by atoms with Gasteiger partial charge in [-0.15, -0.1) is 5.10 Å². The van der Waals surface area contributed by atoms with Crippen LogP contribution >= 0.6 is 11.6 Å². The van der Waals surface area contributed by atoms with Gasteiger partial charge in [0, 0.05) is 11.6 Å². The molecule has 28 heavy (non-hydrogen) atoms. The van der Waals surface area contributed by atoms with Gasteiger partial charge in [0.1, 0.15) is 0 Å². The number of halogens is 1. The number of rotatable bonds is 5. The number of benzene rings is 2. The summed E-state index contributed by atoms with van der Waals surface area (Å²) in [5, 5.41) is 5.64. The maximum Gasteiger partial charge on any atom is 0.352 e. The van der Waals surface area contributed by atoms with Crippen molar-refractivity contribution in [1.29, 1.82) is 0 Å². The second kappa shape index (κ2) is 7.28. The molecule has 0 aliphatic heterocycles. The first-order valence-corrected chi connectivity index (χ1v) is 9.69. The molecule has 0 atom stereocenters. The zero-order valence-corrected chi connectivity index (χ0v) is 16.6. The van der Waals surface area contributed by atoms with Crippen molar-refractivity contribution in [2.45, 2.75) is 33.4 Å². The number of aryl methyl sites for hydroxylation is 1. The van der Waals surface area contributed by atoms with Gasteiger partial charge in [0.15, 0.2) is 0 Å². The lowest BCUT2D eigenvalue weighted by atomic mass is 10.1. The largest absolute Gasteiger partial charge is 0.352 e. The molecule has 0 saturated carbocycles. The van der Waals surface area contributed by atoms with Crippen LogP contribution < -0.4 is 11.2 Å². The highest BCUT2D eigenvalue weighted by Gasteiger charge is 2.17. The van der Waals surface area contributed by atoms with E-state index in [-0.39, 0.29) is 17.8 Å². The van der Waals surface area contributed by atoms with Gasteiger partial charge in [-0.05, 0) is 42.2 Å². The van der Waals surface area contributed by atoms with Crippen LogP contribution in [-0.2, 0) is 13.1 Å². The number of para-hydroxylation sites is 1. The van der Waals surface area contributed by atoms with Crippen LogP contribution in [0.4, 0.5) is 0 Å². The normalized spacial score (nSPS) is 11.7. The Morgan fingerprint density at radius 1 is 1.07 bits per heavy atom. The summed E-state index contributed by atoms with van der Waals surface area (Å²) < 4.78 is 4.53. The predicted octanol–water partition coefficient (Wildman–Crippen LogP) is 3.56. The molecule has 0 unspecified atom stereocenters. The van der Waals surface area contributed by atoms with Gasteiger partial charge in [-0.2, -0.15) is 0 Å². The third-order valence-corrected chi connectivity index (χ3v) is 5.07. The van der Waals surface area contributed by atoms with Crippen LogP contribution in [0.1, 0.15) is 25.8 Å². The highest BCUT2D eigenvalue weighted by atomic mass is 35.5. The van der Waals surface area contributed by atoms with Crippen LogP contribution in [0.25, 0.3) is 16.7 Å². The molecule has 144 valence electrons.